The molecule has 2 rings (SSSR count). The minimum Gasteiger partial charge on any atom is -0.369 e. The summed E-state index contributed by atoms with van der Waals surface area (Å²) in [5, 5.41) is 0.773. The Balaban J connectivity index is 1.94. The number of nitrogens with zero attached hydrogens (tertiary/aromatic N) is 2. The molecule has 4 heteroatoms. The standard InChI is InChI=1S/C15H21ClN2O/c1-3-15(19)12(2)17-7-9-18(10-8-17)14-6-4-5-13(16)11-14/h4-6,11-12H,3,7-10H2,1-2H3. The highest BCUT2D eigenvalue weighted by Gasteiger charge is 2.24. The van der Waals surface area contributed by atoms with Crippen LogP contribution in [0.3, 0.4) is 0 Å². The Morgan fingerprint density at radius 2 is 2.00 bits per heavy atom. The smallest absolute Gasteiger partial charge is 0.149 e. The van der Waals surface area contributed by atoms with Gasteiger partial charge in [-0.05, 0) is 25.1 Å². The third kappa shape index (κ3) is 3.48. The van der Waals surface area contributed by atoms with Crippen molar-refractivity contribution in [2.75, 3.05) is 31.1 Å². The van der Waals surface area contributed by atoms with E-state index in [0.717, 1.165) is 31.2 Å². The second-order valence-electron chi connectivity index (χ2n) is 5.00. The first kappa shape index (κ1) is 14.4. The fourth-order valence-electron chi connectivity index (χ4n) is 2.54. The van der Waals surface area contributed by atoms with Gasteiger partial charge in [-0.2, -0.15) is 0 Å². The lowest BCUT2D eigenvalue weighted by molar-refractivity contribution is -0.123. The molecule has 1 heterocycles. The zero-order valence-corrected chi connectivity index (χ0v) is 12.4. The number of rotatable bonds is 4. The molecule has 1 atom stereocenters. The molecule has 0 aliphatic carbocycles. The molecule has 1 aromatic carbocycles. The van der Waals surface area contributed by atoms with Crippen LogP contribution in [-0.4, -0.2) is 42.9 Å². The second kappa shape index (κ2) is 6.40. The Hall–Kier alpha value is -1.06. The van der Waals surface area contributed by atoms with Gasteiger partial charge in [0.05, 0.1) is 6.04 Å². The average Bonchev–Trinajstić information content (AvgIpc) is 2.46. The summed E-state index contributed by atoms with van der Waals surface area (Å²) in [6, 6.07) is 8.00. The molecule has 1 aromatic rings. The molecular weight excluding hydrogens is 260 g/mol. The van der Waals surface area contributed by atoms with Gasteiger partial charge in [0.2, 0.25) is 0 Å². The van der Waals surface area contributed by atoms with Crippen LogP contribution in [0.2, 0.25) is 5.02 Å². The van der Waals surface area contributed by atoms with Gasteiger partial charge < -0.3 is 4.90 Å². The quantitative estimate of drug-likeness (QED) is 0.847. The molecule has 0 bridgehead atoms. The normalized spacial score (nSPS) is 18.4. The van der Waals surface area contributed by atoms with Gasteiger partial charge in [-0.15, -0.1) is 0 Å². The van der Waals surface area contributed by atoms with Crippen LogP contribution < -0.4 is 4.90 Å². The zero-order chi connectivity index (χ0) is 13.8. The van der Waals surface area contributed by atoms with Crippen molar-refractivity contribution in [2.24, 2.45) is 0 Å². The van der Waals surface area contributed by atoms with Crippen LogP contribution in [0.4, 0.5) is 5.69 Å². The van der Waals surface area contributed by atoms with Gasteiger partial charge in [0.1, 0.15) is 5.78 Å². The average molecular weight is 281 g/mol. The third-order valence-corrected chi connectivity index (χ3v) is 4.08. The second-order valence-corrected chi connectivity index (χ2v) is 5.44. The van der Waals surface area contributed by atoms with E-state index in [4.69, 9.17) is 11.6 Å². The number of benzene rings is 1. The molecule has 0 amide bonds. The number of carbonyl (C=O) groups excluding carboxylic acids is 1. The monoisotopic (exact) mass is 280 g/mol. The minimum absolute atomic E-state index is 0.0477. The van der Waals surface area contributed by atoms with Gasteiger partial charge in [0, 0.05) is 43.3 Å². The van der Waals surface area contributed by atoms with E-state index >= 15 is 0 Å². The number of Topliss-reactive ketones (excluding diaryl/α,β-unsaturated/α-hetero) is 1. The van der Waals surface area contributed by atoms with E-state index in [2.05, 4.69) is 15.9 Å². The molecule has 0 spiro atoms. The highest BCUT2D eigenvalue weighted by molar-refractivity contribution is 6.30. The molecule has 1 aliphatic heterocycles. The van der Waals surface area contributed by atoms with Gasteiger partial charge in [-0.1, -0.05) is 24.6 Å². The molecule has 0 aromatic heterocycles. The van der Waals surface area contributed by atoms with Crippen molar-refractivity contribution in [2.45, 2.75) is 26.3 Å². The summed E-state index contributed by atoms with van der Waals surface area (Å²) >= 11 is 6.02. The van der Waals surface area contributed by atoms with Crippen LogP contribution in [-0.2, 0) is 4.79 Å². The topological polar surface area (TPSA) is 23.6 Å². The predicted octanol–water partition coefficient (Wildman–Crippen LogP) is 2.83. The summed E-state index contributed by atoms with van der Waals surface area (Å²) in [4.78, 5) is 16.3. The Kier molecular flexibility index (Phi) is 4.83. The first-order valence-corrected chi connectivity index (χ1v) is 7.27. The largest absolute Gasteiger partial charge is 0.369 e. The van der Waals surface area contributed by atoms with Gasteiger partial charge in [0.25, 0.3) is 0 Å². The molecule has 1 unspecified atom stereocenters. The molecule has 0 saturated carbocycles. The lowest BCUT2D eigenvalue weighted by Crippen LogP contribution is -2.51. The molecule has 19 heavy (non-hydrogen) atoms. The maximum atomic E-state index is 11.7. The summed E-state index contributed by atoms with van der Waals surface area (Å²) in [6.45, 7) is 7.70. The summed E-state index contributed by atoms with van der Waals surface area (Å²) in [5.41, 5.74) is 1.17. The third-order valence-electron chi connectivity index (χ3n) is 3.85. The van der Waals surface area contributed by atoms with Crippen LogP contribution in [0.25, 0.3) is 0 Å². The fraction of sp³-hybridized carbons (Fsp3) is 0.533. The van der Waals surface area contributed by atoms with Crippen molar-refractivity contribution in [1.82, 2.24) is 4.90 Å². The van der Waals surface area contributed by atoms with E-state index in [1.807, 2.05) is 32.0 Å². The Bertz CT molecular complexity index is 442. The number of halogens is 1. The predicted molar refractivity (Wildman–Crippen MR) is 80.0 cm³/mol. The number of anilines is 1. The van der Waals surface area contributed by atoms with E-state index in [9.17, 15) is 4.79 Å². The van der Waals surface area contributed by atoms with E-state index in [0.29, 0.717) is 12.2 Å². The Morgan fingerprint density at radius 1 is 1.32 bits per heavy atom. The van der Waals surface area contributed by atoms with E-state index in [1.54, 1.807) is 0 Å². The SMILES string of the molecule is CCC(=O)C(C)N1CCN(c2cccc(Cl)c2)CC1. The number of hydrogen-bond acceptors (Lipinski definition) is 3. The summed E-state index contributed by atoms with van der Waals surface area (Å²) in [6.07, 6.45) is 0.621. The maximum Gasteiger partial charge on any atom is 0.149 e. The lowest BCUT2D eigenvalue weighted by atomic mass is 10.1. The molecule has 1 saturated heterocycles. The van der Waals surface area contributed by atoms with Crippen molar-refractivity contribution >= 4 is 23.1 Å². The van der Waals surface area contributed by atoms with Crippen molar-refractivity contribution in [3.8, 4) is 0 Å². The molecular formula is C15H21ClN2O. The fourth-order valence-corrected chi connectivity index (χ4v) is 2.72. The van der Waals surface area contributed by atoms with E-state index in [1.165, 1.54) is 5.69 Å². The Morgan fingerprint density at radius 3 is 2.58 bits per heavy atom. The first-order chi connectivity index (χ1) is 9.11. The van der Waals surface area contributed by atoms with Crippen LogP contribution in [0.15, 0.2) is 24.3 Å². The number of ketones is 1. The van der Waals surface area contributed by atoms with Crippen LogP contribution in [0.1, 0.15) is 20.3 Å². The van der Waals surface area contributed by atoms with Crippen molar-refractivity contribution < 1.29 is 4.79 Å². The van der Waals surface area contributed by atoms with Gasteiger partial charge in [0.15, 0.2) is 0 Å². The number of carbonyl (C=O) groups is 1. The van der Waals surface area contributed by atoms with Crippen molar-refractivity contribution in [3.63, 3.8) is 0 Å². The molecule has 1 fully saturated rings. The first-order valence-electron chi connectivity index (χ1n) is 6.89. The van der Waals surface area contributed by atoms with Crippen LogP contribution in [0, 0.1) is 0 Å². The molecule has 1 aliphatic rings. The minimum atomic E-state index is 0.0477. The summed E-state index contributed by atoms with van der Waals surface area (Å²) in [5.74, 6) is 0.330. The molecule has 3 nitrogen and oxygen atoms in total. The highest BCUT2D eigenvalue weighted by atomic mass is 35.5. The van der Waals surface area contributed by atoms with Crippen molar-refractivity contribution in [3.05, 3.63) is 29.3 Å². The zero-order valence-electron chi connectivity index (χ0n) is 11.6. The highest BCUT2D eigenvalue weighted by Crippen LogP contribution is 2.21. The lowest BCUT2D eigenvalue weighted by Gasteiger charge is -2.38. The number of piperazine rings is 1. The maximum absolute atomic E-state index is 11.7. The van der Waals surface area contributed by atoms with E-state index in [-0.39, 0.29) is 6.04 Å². The summed E-state index contributed by atoms with van der Waals surface area (Å²) in [7, 11) is 0. The summed E-state index contributed by atoms with van der Waals surface area (Å²) < 4.78 is 0. The molecule has 104 valence electrons. The Labute approximate surface area is 120 Å². The molecule has 0 radical (unpaired) electrons. The van der Waals surface area contributed by atoms with Crippen molar-refractivity contribution in [1.29, 1.82) is 0 Å². The van der Waals surface area contributed by atoms with E-state index < -0.39 is 0 Å². The van der Waals surface area contributed by atoms with Crippen LogP contribution >= 0.6 is 11.6 Å². The van der Waals surface area contributed by atoms with Gasteiger partial charge >= 0.3 is 0 Å². The van der Waals surface area contributed by atoms with Gasteiger partial charge in [-0.25, -0.2) is 0 Å². The molecule has 0 N–H and O–H groups in total. The number of hydrogen-bond donors (Lipinski definition) is 0. The van der Waals surface area contributed by atoms with Crippen LogP contribution in [0.5, 0.6) is 0 Å². The van der Waals surface area contributed by atoms with Gasteiger partial charge in [-0.3, -0.25) is 9.69 Å².